The molecule has 1 aromatic carbocycles. The van der Waals surface area contributed by atoms with Crippen molar-refractivity contribution in [3.8, 4) is 5.75 Å². The van der Waals surface area contributed by atoms with E-state index < -0.39 is 5.41 Å². The first-order valence-electron chi connectivity index (χ1n) is 8.49. The Labute approximate surface area is 141 Å². The molecule has 0 bridgehead atoms. The van der Waals surface area contributed by atoms with E-state index in [0.29, 0.717) is 18.6 Å². The van der Waals surface area contributed by atoms with E-state index in [1.54, 1.807) is 0 Å². The van der Waals surface area contributed by atoms with Crippen molar-refractivity contribution in [2.75, 3.05) is 0 Å². The number of carbonyl (C=O) groups excluding carboxylic acids is 1. The molecular formula is C20H33NO2. The molecule has 0 heterocycles. The van der Waals surface area contributed by atoms with Crippen LogP contribution in [0.25, 0.3) is 0 Å². The SMILES string of the molecule is CCC(CC)(C(N)=O)c1cc(C(C)(C)C)c(O)c(C(C)(C)C)c1. The van der Waals surface area contributed by atoms with Crippen LogP contribution in [0.15, 0.2) is 12.1 Å². The Morgan fingerprint density at radius 1 is 0.957 bits per heavy atom. The first kappa shape index (κ1) is 19.5. The summed E-state index contributed by atoms with van der Waals surface area (Å²) in [5, 5.41) is 10.8. The highest BCUT2D eigenvalue weighted by Crippen LogP contribution is 2.43. The Bertz CT molecular complexity index is 550. The molecule has 0 spiro atoms. The zero-order valence-electron chi connectivity index (χ0n) is 16.0. The van der Waals surface area contributed by atoms with Crippen molar-refractivity contribution in [1.29, 1.82) is 0 Å². The number of phenols is 1. The van der Waals surface area contributed by atoms with E-state index in [1.807, 2.05) is 26.0 Å². The van der Waals surface area contributed by atoms with Crippen molar-refractivity contribution >= 4 is 5.91 Å². The molecule has 0 saturated heterocycles. The number of hydrogen-bond acceptors (Lipinski definition) is 2. The number of hydrogen-bond donors (Lipinski definition) is 2. The van der Waals surface area contributed by atoms with Crippen molar-refractivity contribution in [1.82, 2.24) is 0 Å². The second-order valence-corrected chi connectivity index (χ2v) is 8.57. The molecular weight excluding hydrogens is 286 g/mol. The van der Waals surface area contributed by atoms with Gasteiger partial charge in [0.05, 0.1) is 5.41 Å². The highest BCUT2D eigenvalue weighted by Gasteiger charge is 2.38. The third-order valence-electron chi connectivity index (χ3n) is 4.96. The summed E-state index contributed by atoms with van der Waals surface area (Å²) in [5.74, 6) is 0.0345. The van der Waals surface area contributed by atoms with Gasteiger partial charge in [-0.2, -0.15) is 0 Å². The lowest BCUT2D eigenvalue weighted by Crippen LogP contribution is -2.40. The van der Waals surface area contributed by atoms with Gasteiger partial charge < -0.3 is 10.8 Å². The predicted octanol–water partition coefficient (Wildman–Crippen LogP) is 4.53. The third kappa shape index (κ3) is 3.54. The fourth-order valence-corrected chi connectivity index (χ4v) is 3.20. The monoisotopic (exact) mass is 319 g/mol. The van der Waals surface area contributed by atoms with E-state index >= 15 is 0 Å². The molecule has 0 aliphatic carbocycles. The lowest BCUT2D eigenvalue weighted by atomic mass is 9.70. The van der Waals surface area contributed by atoms with Crippen molar-refractivity contribution in [2.45, 2.75) is 84.5 Å². The summed E-state index contributed by atoms with van der Waals surface area (Å²) in [6.45, 7) is 16.4. The van der Waals surface area contributed by atoms with E-state index in [2.05, 4.69) is 41.5 Å². The quantitative estimate of drug-likeness (QED) is 0.856. The summed E-state index contributed by atoms with van der Waals surface area (Å²) >= 11 is 0. The maximum atomic E-state index is 12.3. The van der Waals surface area contributed by atoms with E-state index in [-0.39, 0.29) is 16.7 Å². The third-order valence-corrected chi connectivity index (χ3v) is 4.96. The van der Waals surface area contributed by atoms with Crippen LogP contribution in [0.2, 0.25) is 0 Å². The number of primary amides is 1. The average Bonchev–Trinajstić information content (AvgIpc) is 2.38. The van der Waals surface area contributed by atoms with Crippen LogP contribution in [0, 0.1) is 0 Å². The molecule has 3 nitrogen and oxygen atoms in total. The fourth-order valence-electron chi connectivity index (χ4n) is 3.20. The Balaban J connectivity index is 3.85. The molecule has 0 fully saturated rings. The molecule has 0 aliphatic heterocycles. The predicted molar refractivity (Wildman–Crippen MR) is 97.0 cm³/mol. The van der Waals surface area contributed by atoms with E-state index in [4.69, 9.17) is 5.73 Å². The molecule has 3 N–H and O–H groups in total. The van der Waals surface area contributed by atoms with Gasteiger partial charge in [-0.25, -0.2) is 0 Å². The normalized spacial score (nSPS) is 13.2. The zero-order valence-corrected chi connectivity index (χ0v) is 16.0. The van der Waals surface area contributed by atoms with Crippen LogP contribution in [-0.4, -0.2) is 11.0 Å². The molecule has 23 heavy (non-hydrogen) atoms. The Morgan fingerprint density at radius 2 is 1.30 bits per heavy atom. The van der Waals surface area contributed by atoms with Gasteiger partial charge in [0.15, 0.2) is 0 Å². The van der Waals surface area contributed by atoms with Gasteiger partial charge in [0, 0.05) is 0 Å². The van der Waals surface area contributed by atoms with Crippen LogP contribution in [0.1, 0.15) is 84.9 Å². The summed E-state index contributed by atoms with van der Waals surface area (Å²) in [5.41, 5.74) is 7.31. The van der Waals surface area contributed by atoms with Gasteiger partial charge in [-0.15, -0.1) is 0 Å². The molecule has 130 valence electrons. The average molecular weight is 319 g/mol. The number of benzene rings is 1. The van der Waals surface area contributed by atoms with Crippen LogP contribution in [0.4, 0.5) is 0 Å². The maximum Gasteiger partial charge on any atom is 0.228 e. The van der Waals surface area contributed by atoms with E-state index in [0.717, 1.165) is 16.7 Å². The van der Waals surface area contributed by atoms with Crippen LogP contribution in [0.3, 0.4) is 0 Å². The summed E-state index contributed by atoms with van der Waals surface area (Å²) in [6.07, 6.45) is 1.30. The van der Waals surface area contributed by atoms with Crippen LogP contribution in [-0.2, 0) is 21.0 Å². The molecule has 0 atom stereocenters. The number of phenolic OH excluding ortho intramolecular Hbond substituents is 1. The van der Waals surface area contributed by atoms with Crippen LogP contribution >= 0.6 is 0 Å². The van der Waals surface area contributed by atoms with Gasteiger partial charge in [0.25, 0.3) is 0 Å². The second-order valence-electron chi connectivity index (χ2n) is 8.57. The summed E-state index contributed by atoms with van der Waals surface area (Å²) in [7, 11) is 0. The summed E-state index contributed by atoms with van der Waals surface area (Å²) in [6, 6.07) is 3.95. The van der Waals surface area contributed by atoms with Gasteiger partial charge >= 0.3 is 0 Å². The van der Waals surface area contributed by atoms with Gasteiger partial charge in [0.2, 0.25) is 5.91 Å². The van der Waals surface area contributed by atoms with Crippen molar-refractivity contribution in [3.05, 3.63) is 28.8 Å². The van der Waals surface area contributed by atoms with Gasteiger partial charge in [0.1, 0.15) is 5.75 Å². The number of aromatic hydroxyl groups is 1. The molecule has 0 saturated carbocycles. The molecule has 1 rings (SSSR count). The van der Waals surface area contributed by atoms with Crippen LogP contribution in [0.5, 0.6) is 5.75 Å². The smallest absolute Gasteiger partial charge is 0.228 e. The Kier molecular flexibility index (Phi) is 5.25. The first-order chi connectivity index (χ1) is 10.3. The molecule has 3 heteroatoms. The van der Waals surface area contributed by atoms with Gasteiger partial charge in [-0.1, -0.05) is 67.5 Å². The molecule has 0 aromatic heterocycles. The number of amides is 1. The number of carbonyl (C=O) groups is 1. The lowest BCUT2D eigenvalue weighted by molar-refractivity contribution is -0.123. The summed E-state index contributed by atoms with van der Waals surface area (Å²) < 4.78 is 0. The summed E-state index contributed by atoms with van der Waals surface area (Å²) in [4.78, 5) is 12.3. The van der Waals surface area contributed by atoms with Gasteiger partial charge in [-0.05, 0) is 40.4 Å². The number of nitrogens with two attached hydrogens (primary N) is 1. The van der Waals surface area contributed by atoms with Crippen molar-refractivity contribution < 1.29 is 9.90 Å². The molecule has 0 aliphatic rings. The molecule has 1 amide bonds. The van der Waals surface area contributed by atoms with Crippen molar-refractivity contribution in [2.24, 2.45) is 5.73 Å². The van der Waals surface area contributed by atoms with E-state index in [9.17, 15) is 9.90 Å². The molecule has 0 unspecified atom stereocenters. The van der Waals surface area contributed by atoms with Gasteiger partial charge in [-0.3, -0.25) is 4.79 Å². The molecule has 0 radical (unpaired) electrons. The lowest BCUT2D eigenvalue weighted by Gasteiger charge is -2.34. The highest BCUT2D eigenvalue weighted by molar-refractivity contribution is 5.87. The molecule has 1 aromatic rings. The Morgan fingerprint density at radius 3 is 1.52 bits per heavy atom. The standard InChI is InChI=1S/C20H33NO2/c1-9-20(10-2,17(21)23)13-11-14(18(3,4)5)16(22)15(12-13)19(6,7)8/h11-12,22H,9-10H2,1-8H3,(H2,21,23). The fraction of sp³-hybridized carbons (Fsp3) is 0.650. The zero-order chi connectivity index (χ0) is 18.2. The topological polar surface area (TPSA) is 63.3 Å². The maximum absolute atomic E-state index is 12.3. The first-order valence-corrected chi connectivity index (χ1v) is 8.49. The van der Waals surface area contributed by atoms with E-state index in [1.165, 1.54) is 0 Å². The largest absolute Gasteiger partial charge is 0.507 e. The Hall–Kier alpha value is -1.51. The van der Waals surface area contributed by atoms with Crippen LogP contribution < -0.4 is 5.73 Å². The highest BCUT2D eigenvalue weighted by atomic mass is 16.3. The second kappa shape index (κ2) is 6.18. The minimum atomic E-state index is -0.687. The van der Waals surface area contributed by atoms with Crippen molar-refractivity contribution in [3.63, 3.8) is 0 Å². The minimum Gasteiger partial charge on any atom is -0.507 e. The number of rotatable bonds is 4. The minimum absolute atomic E-state index is 0.217.